The molecule has 220 valence electrons. The number of halogens is 1. The Morgan fingerprint density at radius 3 is 2.69 bits per heavy atom. The molecule has 42 heavy (non-hydrogen) atoms. The Labute approximate surface area is 250 Å². The molecule has 11 heteroatoms. The first kappa shape index (κ1) is 28.7. The molecule has 2 aromatic heterocycles. The fraction of sp³-hybridized carbons (Fsp3) is 0.387. The van der Waals surface area contributed by atoms with Crippen molar-refractivity contribution in [3.05, 3.63) is 76.2 Å². The van der Waals surface area contributed by atoms with Crippen LogP contribution in [0, 0.1) is 11.7 Å². The lowest BCUT2D eigenvalue weighted by atomic mass is 9.96. The van der Waals surface area contributed by atoms with Crippen LogP contribution in [-0.2, 0) is 32.8 Å². The first-order valence-electron chi connectivity index (χ1n) is 14.4. The van der Waals surface area contributed by atoms with Crippen LogP contribution in [0.3, 0.4) is 0 Å². The lowest BCUT2D eigenvalue weighted by Crippen LogP contribution is -2.10. The SMILES string of the molecule is CCOC(=O)c1cnc(-n2nc(-c3cccc(OC4CCCC4)c3)c(Cc3ccc([SH+](N)=O)cc3F)c2CC2CC2)s1. The number of ether oxygens (including phenoxy) is 2. The standard InChI is InChI=1S/C31H33FN4O4S2/c1-2-39-30(37)28-18-34-31(41-28)36-27(14-19-10-11-19)25(16-20-12-13-24(42(33)38)17-26(20)32)29(35-36)21-6-5-9-23(15-21)40-22-7-3-4-8-22/h5-6,9,12-13,15,17-19,22H,2-4,7-8,10-11,14,16H2,1H3,(H2,33,38)/p+1. The molecule has 0 bridgehead atoms. The summed E-state index contributed by atoms with van der Waals surface area (Å²) in [4.78, 5) is 17.6. The number of hydrogen-bond acceptors (Lipinski definition) is 7. The van der Waals surface area contributed by atoms with E-state index in [0.717, 1.165) is 54.7 Å². The van der Waals surface area contributed by atoms with Crippen LogP contribution >= 0.6 is 11.3 Å². The summed E-state index contributed by atoms with van der Waals surface area (Å²) in [6.07, 6.45) is 9.42. The van der Waals surface area contributed by atoms with Gasteiger partial charge in [0, 0.05) is 23.6 Å². The van der Waals surface area contributed by atoms with Crippen molar-refractivity contribution in [2.24, 2.45) is 11.1 Å². The Balaban J connectivity index is 1.46. The average molecular weight is 610 g/mol. The van der Waals surface area contributed by atoms with Crippen LogP contribution in [0.4, 0.5) is 4.39 Å². The number of hydrogen-bond donors (Lipinski definition) is 1. The van der Waals surface area contributed by atoms with Gasteiger partial charge in [0.05, 0.1) is 30.3 Å². The molecule has 0 amide bonds. The van der Waals surface area contributed by atoms with E-state index in [9.17, 15) is 9.00 Å². The zero-order chi connectivity index (χ0) is 29.2. The molecular weight excluding hydrogens is 575 g/mol. The Kier molecular flexibility index (Phi) is 8.50. The van der Waals surface area contributed by atoms with E-state index in [1.165, 1.54) is 36.4 Å². The van der Waals surface area contributed by atoms with Crippen molar-refractivity contribution in [3.8, 4) is 22.1 Å². The molecule has 8 nitrogen and oxygen atoms in total. The number of nitrogens with zero attached hydrogens (tertiary/aromatic N) is 3. The predicted molar refractivity (Wildman–Crippen MR) is 161 cm³/mol. The topological polar surface area (TPSA) is 109 Å². The second-order valence-electron chi connectivity index (χ2n) is 10.9. The zero-order valence-electron chi connectivity index (χ0n) is 23.4. The highest BCUT2D eigenvalue weighted by molar-refractivity contribution is 7.82. The number of carbonyl (C=O) groups is 1. The van der Waals surface area contributed by atoms with Gasteiger partial charge in [-0.15, -0.1) is 5.14 Å². The summed E-state index contributed by atoms with van der Waals surface area (Å²) >= 11 is 1.22. The maximum absolute atomic E-state index is 15.3. The van der Waals surface area contributed by atoms with Crippen LogP contribution < -0.4 is 9.88 Å². The monoisotopic (exact) mass is 609 g/mol. The second kappa shape index (κ2) is 12.4. The van der Waals surface area contributed by atoms with E-state index in [1.54, 1.807) is 19.1 Å². The fourth-order valence-electron chi connectivity index (χ4n) is 5.45. The molecule has 2 N–H and O–H groups in total. The van der Waals surface area contributed by atoms with Gasteiger partial charge in [0.25, 0.3) is 0 Å². The molecule has 4 aromatic rings. The van der Waals surface area contributed by atoms with E-state index >= 15 is 4.39 Å². The van der Waals surface area contributed by atoms with Crippen molar-refractivity contribution in [1.29, 1.82) is 0 Å². The molecular formula is C31H34FN4O4S2+. The summed E-state index contributed by atoms with van der Waals surface area (Å²) in [6.45, 7) is 2.04. The van der Waals surface area contributed by atoms with Crippen molar-refractivity contribution >= 4 is 28.3 Å². The maximum Gasteiger partial charge on any atom is 0.350 e. The van der Waals surface area contributed by atoms with Gasteiger partial charge >= 0.3 is 5.97 Å². The molecule has 2 aliphatic rings. The average Bonchev–Trinajstić information content (AvgIpc) is 3.32. The van der Waals surface area contributed by atoms with Gasteiger partial charge in [0.2, 0.25) is 5.13 Å². The summed E-state index contributed by atoms with van der Waals surface area (Å²) in [6, 6.07) is 12.4. The minimum atomic E-state index is -2.14. The van der Waals surface area contributed by atoms with E-state index < -0.39 is 22.8 Å². The minimum Gasteiger partial charge on any atom is -0.490 e. The van der Waals surface area contributed by atoms with Crippen LogP contribution in [0.2, 0.25) is 0 Å². The largest absolute Gasteiger partial charge is 0.490 e. The van der Waals surface area contributed by atoms with Crippen molar-refractivity contribution < 1.29 is 22.9 Å². The Bertz CT molecular complexity index is 1620. The number of benzene rings is 2. The first-order valence-corrected chi connectivity index (χ1v) is 16.6. The van der Waals surface area contributed by atoms with Gasteiger partial charge in [-0.25, -0.2) is 18.9 Å². The third kappa shape index (κ3) is 6.33. The van der Waals surface area contributed by atoms with Gasteiger partial charge in [-0.05, 0) is 81.5 Å². The molecule has 2 aliphatic carbocycles. The van der Waals surface area contributed by atoms with E-state index in [2.05, 4.69) is 4.98 Å². The molecule has 1 atom stereocenters. The predicted octanol–water partition coefficient (Wildman–Crippen LogP) is 6.11. The van der Waals surface area contributed by atoms with Crippen molar-refractivity contribution in [3.63, 3.8) is 0 Å². The maximum atomic E-state index is 15.3. The highest BCUT2D eigenvalue weighted by atomic mass is 32.2. The summed E-state index contributed by atoms with van der Waals surface area (Å²) in [5.41, 5.74) is 3.85. The highest BCUT2D eigenvalue weighted by Gasteiger charge is 2.30. The molecule has 6 rings (SSSR count). The second-order valence-corrected chi connectivity index (χ2v) is 13.1. The van der Waals surface area contributed by atoms with Crippen LogP contribution in [0.25, 0.3) is 16.4 Å². The molecule has 0 saturated heterocycles. The van der Waals surface area contributed by atoms with Crippen molar-refractivity contribution in [2.45, 2.75) is 69.3 Å². The van der Waals surface area contributed by atoms with Gasteiger partial charge in [-0.2, -0.15) is 5.10 Å². The Morgan fingerprint density at radius 1 is 1.17 bits per heavy atom. The number of carbonyl (C=O) groups excluding carboxylic acids is 1. The number of thiazole rings is 1. The van der Waals surface area contributed by atoms with Crippen LogP contribution in [-0.4, -0.2) is 33.4 Å². The zero-order valence-corrected chi connectivity index (χ0v) is 25.1. The summed E-state index contributed by atoms with van der Waals surface area (Å²) in [5.74, 6) is 0.399. The number of nitrogens with two attached hydrogens (primary N) is 1. The quantitative estimate of drug-likeness (QED) is 0.125. The van der Waals surface area contributed by atoms with Crippen LogP contribution in [0.15, 0.2) is 53.6 Å². The molecule has 2 aromatic carbocycles. The smallest absolute Gasteiger partial charge is 0.350 e. The fourth-order valence-corrected chi connectivity index (χ4v) is 6.70. The van der Waals surface area contributed by atoms with Gasteiger partial charge in [0.15, 0.2) is 15.9 Å². The molecule has 0 spiro atoms. The number of rotatable bonds is 11. The third-order valence-electron chi connectivity index (χ3n) is 7.79. The van der Waals surface area contributed by atoms with E-state index in [1.807, 2.05) is 28.9 Å². The van der Waals surface area contributed by atoms with Crippen LogP contribution in [0.5, 0.6) is 5.75 Å². The highest BCUT2D eigenvalue weighted by Crippen LogP contribution is 2.39. The van der Waals surface area contributed by atoms with E-state index in [0.29, 0.717) is 27.2 Å². The van der Waals surface area contributed by atoms with Gasteiger partial charge in [-0.3, -0.25) is 0 Å². The summed E-state index contributed by atoms with van der Waals surface area (Å²) < 4.78 is 40.4. The summed E-state index contributed by atoms with van der Waals surface area (Å²) in [5, 5.41) is 11.1. The number of thiol groups is 1. The van der Waals surface area contributed by atoms with E-state index in [-0.39, 0.29) is 24.0 Å². The number of aromatic nitrogens is 3. The minimum absolute atomic E-state index is 0.209. The first-order chi connectivity index (χ1) is 20.4. The van der Waals surface area contributed by atoms with Crippen molar-refractivity contribution in [2.75, 3.05) is 6.61 Å². The van der Waals surface area contributed by atoms with Crippen LogP contribution in [0.1, 0.15) is 71.9 Å². The lowest BCUT2D eigenvalue weighted by Gasteiger charge is -2.14. The van der Waals surface area contributed by atoms with Gasteiger partial charge in [0.1, 0.15) is 16.4 Å². The normalized spacial score (nSPS) is 16.1. The summed E-state index contributed by atoms with van der Waals surface area (Å²) in [7, 11) is -2.14. The van der Waals surface area contributed by atoms with Crippen molar-refractivity contribution in [1.82, 2.24) is 14.8 Å². The van der Waals surface area contributed by atoms with E-state index in [4.69, 9.17) is 19.7 Å². The Morgan fingerprint density at radius 2 is 1.98 bits per heavy atom. The molecule has 2 saturated carbocycles. The number of esters is 1. The molecule has 2 fully saturated rings. The lowest BCUT2D eigenvalue weighted by molar-refractivity contribution is 0.0531. The Hall–Kier alpha value is -3.41. The molecule has 0 radical (unpaired) electrons. The van der Waals surface area contributed by atoms with Gasteiger partial charge < -0.3 is 9.47 Å². The molecule has 0 aliphatic heterocycles. The van der Waals surface area contributed by atoms with Gasteiger partial charge in [-0.1, -0.05) is 33.7 Å². The third-order valence-corrected chi connectivity index (χ3v) is 9.53. The molecule has 1 unspecified atom stereocenters. The molecule has 2 heterocycles.